The molecule has 3 heterocycles. The van der Waals surface area contributed by atoms with Gasteiger partial charge >= 0.3 is 0 Å². The summed E-state index contributed by atoms with van der Waals surface area (Å²) in [4.78, 5) is 6.79. The molecule has 0 saturated carbocycles. The lowest BCUT2D eigenvalue weighted by Gasteiger charge is -2.31. The summed E-state index contributed by atoms with van der Waals surface area (Å²) in [7, 11) is 0. The van der Waals surface area contributed by atoms with E-state index >= 15 is 0 Å². The number of piperidine rings is 1. The molecule has 2 saturated heterocycles. The molecule has 0 spiro atoms. The van der Waals surface area contributed by atoms with Crippen LogP contribution in [0, 0.1) is 12.8 Å². The van der Waals surface area contributed by atoms with Crippen LogP contribution in [0.4, 0.5) is 0 Å². The Kier molecular flexibility index (Phi) is 3.11. The van der Waals surface area contributed by atoms with Gasteiger partial charge < -0.3 is 14.7 Å². The van der Waals surface area contributed by atoms with Gasteiger partial charge in [0, 0.05) is 32.5 Å². The number of hydrogen-bond acceptors (Lipinski definition) is 5. The highest BCUT2D eigenvalue weighted by Gasteiger charge is 2.33. The van der Waals surface area contributed by atoms with Crippen LogP contribution in [-0.4, -0.2) is 47.3 Å². The van der Waals surface area contributed by atoms with E-state index < -0.39 is 0 Å². The van der Waals surface area contributed by atoms with Crippen molar-refractivity contribution >= 4 is 0 Å². The lowest BCUT2D eigenvalue weighted by atomic mass is 9.94. The summed E-state index contributed by atoms with van der Waals surface area (Å²) < 4.78 is 4.96. The van der Waals surface area contributed by atoms with Crippen molar-refractivity contribution in [1.29, 1.82) is 0 Å². The van der Waals surface area contributed by atoms with Gasteiger partial charge in [0.15, 0.2) is 5.82 Å². The van der Waals surface area contributed by atoms with Crippen LogP contribution in [0.5, 0.6) is 0 Å². The average molecular weight is 236 g/mol. The highest BCUT2D eigenvalue weighted by atomic mass is 16.5. The summed E-state index contributed by atoms with van der Waals surface area (Å²) in [6.45, 7) is 6.64. The molecule has 0 aromatic carbocycles. The van der Waals surface area contributed by atoms with Crippen molar-refractivity contribution in [2.45, 2.75) is 32.2 Å². The van der Waals surface area contributed by atoms with Crippen molar-refractivity contribution in [3.8, 4) is 0 Å². The first-order chi connectivity index (χ1) is 8.31. The van der Waals surface area contributed by atoms with Crippen molar-refractivity contribution in [2.75, 3.05) is 26.2 Å². The van der Waals surface area contributed by atoms with Crippen LogP contribution < -0.4 is 5.32 Å². The van der Waals surface area contributed by atoms with E-state index in [0.29, 0.717) is 11.9 Å². The molecule has 2 bridgehead atoms. The van der Waals surface area contributed by atoms with Crippen LogP contribution in [-0.2, 0) is 6.42 Å². The Morgan fingerprint density at radius 1 is 1.41 bits per heavy atom. The molecule has 3 rings (SSSR count). The van der Waals surface area contributed by atoms with Gasteiger partial charge in [-0.25, -0.2) is 0 Å². The van der Waals surface area contributed by atoms with E-state index in [-0.39, 0.29) is 0 Å². The Labute approximate surface area is 102 Å². The fourth-order valence-electron chi connectivity index (χ4n) is 3.03. The number of hydrogen-bond donors (Lipinski definition) is 1. The number of nitrogens with one attached hydrogen (secondary N) is 1. The normalized spacial score (nSPS) is 31.9. The second kappa shape index (κ2) is 4.74. The second-order valence-corrected chi connectivity index (χ2v) is 5.18. The van der Waals surface area contributed by atoms with Gasteiger partial charge in [0.2, 0.25) is 5.89 Å². The van der Waals surface area contributed by atoms with Crippen molar-refractivity contribution in [3.05, 3.63) is 11.7 Å². The minimum Gasteiger partial charge on any atom is -0.340 e. The number of aromatic nitrogens is 2. The molecule has 17 heavy (non-hydrogen) atoms. The second-order valence-electron chi connectivity index (χ2n) is 5.18. The third-order valence-electron chi connectivity index (χ3n) is 3.96. The van der Waals surface area contributed by atoms with E-state index in [2.05, 4.69) is 20.4 Å². The van der Waals surface area contributed by atoms with Crippen LogP contribution in [0.3, 0.4) is 0 Å². The summed E-state index contributed by atoms with van der Waals surface area (Å²) >= 11 is 0. The summed E-state index contributed by atoms with van der Waals surface area (Å²) in [6, 6.07) is 0.696. The van der Waals surface area contributed by atoms with Crippen LogP contribution >= 0.6 is 0 Å². The molecule has 0 aliphatic carbocycles. The zero-order valence-electron chi connectivity index (χ0n) is 10.4. The van der Waals surface area contributed by atoms with Crippen molar-refractivity contribution < 1.29 is 4.52 Å². The van der Waals surface area contributed by atoms with E-state index in [1.807, 2.05) is 6.92 Å². The number of fused-ring (bicyclic) bond motifs is 2. The van der Waals surface area contributed by atoms with Crippen LogP contribution in [0.1, 0.15) is 24.6 Å². The molecule has 3 atom stereocenters. The van der Waals surface area contributed by atoms with E-state index in [9.17, 15) is 0 Å². The van der Waals surface area contributed by atoms with Gasteiger partial charge in [-0.15, -0.1) is 0 Å². The topological polar surface area (TPSA) is 54.2 Å². The van der Waals surface area contributed by atoms with E-state index in [1.54, 1.807) is 0 Å². The maximum atomic E-state index is 4.96. The molecule has 3 unspecified atom stereocenters. The van der Waals surface area contributed by atoms with Crippen LogP contribution in [0.2, 0.25) is 0 Å². The first-order valence-corrected chi connectivity index (χ1v) is 6.56. The van der Waals surface area contributed by atoms with E-state index in [0.717, 1.165) is 24.7 Å². The Bertz CT molecular complexity index is 378. The summed E-state index contributed by atoms with van der Waals surface area (Å²) in [6.07, 6.45) is 3.51. The number of nitrogens with zero attached hydrogens (tertiary/aromatic N) is 3. The van der Waals surface area contributed by atoms with Gasteiger partial charge in [-0.05, 0) is 31.8 Å². The third kappa shape index (κ3) is 2.50. The molecular formula is C12H20N4O. The molecule has 5 nitrogen and oxygen atoms in total. The summed E-state index contributed by atoms with van der Waals surface area (Å²) in [5.74, 6) is 2.33. The Morgan fingerprint density at radius 3 is 3.12 bits per heavy atom. The van der Waals surface area contributed by atoms with Crippen molar-refractivity contribution in [2.24, 2.45) is 5.92 Å². The predicted molar refractivity (Wildman–Crippen MR) is 63.7 cm³/mol. The van der Waals surface area contributed by atoms with Gasteiger partial charge in [-0.2, -0.15) is 4.98 Å². The zero-order chi connectivity index (χ0) is 11.7. The quantitative estimate of drug-likeness (QED) is 0.830. The lowest BCUT2D eigenvalue weighted by molar-refractivity contribution is 0.221. The number of rotatable bonds is 4. The first kappa shape index (κ1) is 11.2. The molecule has 2 fully saturated rings. The maximum Gasteiger partial charge on any atom is 0.223 e. The molecule has 2 aliphatic heterocycles. The number of aryl methyl sites for hydroxylation is 1. The molecule has 0 amide bonds. The Balaban J connectivity index is 1.45. The minimum atomic E-state index is 0.657. The van der Waals surface area contributed by atoms with Gasteiger partial charge in [0.25, 0.3) is 0 Å². The summed E-state index contributed by atoms with van der Waals surface area (Å²) in [5, 5.41) is 7.57. The van der Waals surface area contributed by atoms with Gasteiger partial charge in [0.05, 0.1) is 0 Å². The fourth-order valence-corrected chi connectivity index (χ4v) is 3.03. The SMILES string of the molecule is Cc1nc(CCNC2CCN3CCC2C3)no1. The largest absolute Gasteiger partial charge is 0.340 e. The van der Waals surface area contributed by atoms with E-state index in [4.69, 9.17) is 4.52 Å². The smallest absolute Gasteiger partial charge is 0.223 e. The fraction of sp³-hybridized carbons (Fsp3) is 0.833. The zero-order valence-corrected chi connectivity index (χ0v) is 10.4. The lowest BCUT2D eigenvalue weighted by Crippen LogP contribution is -2.44. The molecule has 1 N–H and O–H groups in total. The Hall–Kier alpha value is -0.940. The molecule has 1 aromatic rings. The predicted octanol–water partition coefficient (Wildman–Crippen LogP) is 0.604. The third-order valence-corrected chi connectivity index (χ3v) is 3.96. The first-order valence-electron chi connectivity index (χ1n) is 6.56. The minimum absolute atomic E-state index is 0.657. The Morgan fingerprint density at radius 2 is 2.29 bits per heavy atom. The molecule has 1 aromatic heterocycles. The van der Waals surface area contributed by atoms with Gasteiger partial charge in [-0.1, -0.05) is 5.16 Å². The maximum absolute atomic E-state index is 4.96. The average Bonchev–Trinajstić information content (AvgIpc) is 2.90. The van der Waals surface area contributed by atoms with Crippen molar-refractivity contribution in [1.82, 2.24) is 20.4 Å². The van der Waals surface area contributed by atoms with Gasteiger partial charge in [0.1, 0.15) is 0 Å². The molecule has 94 valence electrons. The highest BCUT2D eigenvalue weighted by molar-refractivity contribution is 4.92. The van der Waals surface area contributed by atoms with Crippen molar-refractivity contribution in [3.63, 3.8) is 0 Å². The molecule has 0 radical (unpaired) electrons. The monoisotopic (exact) mass is 236 g/mol. The molecule has 5 heteroatoms. The molecular weight excluding hydrogens is 216 g/mol. The van der Waals surface area contributed by atoms with Gasteiger partial charge in [-0.3, -0.25) is 0 Å². The van der Waals surface area contributed by atoms with E-state index in [1.165, 1.54) is 32.5 Å². The standard InChI is InChI=1S/C12H20N4O/c1-9-14-12(15-17-9)2-5-13-11-4-7-16-6-3-10(11)8-16/h10-11,13H,2-8H2,1H3. The summed E-state index contributed by atoms with van der Waals surface area (Å²) in [5.41, 5.74) is 0. The van der Waals surface area contributed by atoms with Crippen LogP contribution in [0.15, 0.2) is 4.52 Å². The highest BCUT2D eigenvalue weighted by Crippen LogP contribution is 2.26. The van der Waals surface area contributed by atoms with Crippen LogP contribution in [0.25, 0.3) is 0 Å². The molecule has 2 aliphatic rings.